The zero-order valence-electron chi connectivity index (χ0n) is 25.7. The predicted octanol–water partition coefficient (Wildman–Crippen LogP) is 6.16. The molecule has 3 fully saturated rings. The van der Waals surface area contributed by atoms with Crippen LogP contribution in [0.1, 0.15) is 28.3 Å². The molecule has 2 aliphatic carbocycles. The molecule has 14 heteroatoms. The third-order valence-electron chi connectivity index (χ3n) is 10.1. The Morgan fingerprint density at radius 2 is 1.69 bits per heavy atom. The van der Waals surface area contributed by atoms with Gasteiger partial charge in [-0.25, -0.2) is 0 Å². The minimum Gasteiger partial charge on any atom is -0.497 e. The number of nitrogens with zero attached hydrogens (tertiary/aromatic N) is 1. The Balaban J connectivity index is 1.06. The van der Waals surface area contributed by atoms with Crippen molar-refractivity contribution in [1.29, 1.82) is 0 Å². The summed E-state index contributed by atoms with van der Waals surface area (Å²) in [5.74, 6) is -1.65. The third-order valence-corrected chi connectivity index (χ3v) is 12.7. The van der Waals surface area contributed by atoms with Crippen molar-refractivity contribution in [3.05, 3.63) is 98.5 Å². The number of imide groups is 1. The predicted molar refractivity (Wildman–Crippen MR) is 176 cm³/mol. The van der Waals surface area contributed by atoms with E-state index in [1.54, 1.807) is 61.3 Å². The van der Waals surface area contributed by atoms with Crippen molar-refractivity contribution in [3.8, 4) is 11.5 Å². The van der Waals surface area contributed by atoms with E-state index in [-0.39, 0.29) is 51.3 Å². The molecule has 0 spiro atoms. The van der Waals surface area contributed by atoms with Crippen LogP contribution in [0.3, 0.4) is 0 Å². The van der Waals surface area contributed by atoms with Crippen LogP contribution in [0.4, 0.5) is 24.5 Å². The number of aromatic nitrogens is 1. The lowest BCUT2D eigenvalue weighted by molar-refractivity contribution is -0.137. The monoisotopic (exact) mass is 707 g/mol. The Labute approximate surface area is 285 Å². The summed E-state index contributed by atoms with van der Waals surface area (Å²) in [4.78, 5) is 58.1. The van der Waals surface area contributed by atoms with Crippen molar-refractivity contribution in [3.63, 3.8) is 0 Å². The number of fused-ring (bicyclic) bond motifs is 9. The van der Waals surface area contributed by atoms with Gasteiger partial charge in [0.25, 0.3) is 5.91 Å². The van der Waals surface area contributed by atoms with E-state index in [1.165, 1.54) is 23.1 Å². The van der Waals surface area contributed by atoms with Gasteiger partial charge in [0.1, 0.15) is 11.5 Å². The smallest absolute Gasteiger partial charge is 0.418 e. The number of ether oxygens (including phenoxy) is 2. The van der Waals surface area contributed by atoms with E-state index in [9.17, 15) is 32.3 Å². The molecule has 1 aromatic heterocycles. The lowest BCUT2D eigenvalue weighted by Crippen LogP contribution is -2.42. The molecule has 4 aliphatic rings. The lowest BCUT2D eigenvalue weighted by atomic mass is 9.68. The van der Waals surface area contributed by atoms with Crippen LogP contribution < -0.4 is 24.6 Å². The third kappa shape index (κ3) is 5.23. The Hall–Kier alpha value is -4.56. The van der Waals surface area contributed by atoms with E-state index in [4.69, 9.17) is 9.47 Å². The van der Waals surface area contributed by atoms with Gasteiger partial charge in [-0.1, -0.05) is 35.6 Å². The van der Waals surface area contributed by atoms with Crippen LogP contribution in [0.15, 0.2) is 82.6 Å². The van der Waals surface area contributed by atoms with Crippen LogP contribution >= 0.6 is 23.1 Å². The summed E-state index contributed by atoms with van der Waals surface area (Å²) in [6.45, 7) is -0.531. The number of benzene rings is 3. The summed E-state index contributed by atoms with van der Waals surface area (Å²) < 4.78 is 51.3. The molecule has 3 heterocycles. The lowest BCUT2D eigenvalue weighted by Gasteiger charge is -2.43. The van der Waals surface area contributed by atoms with Crippen molar-refractivity contribution < 1.29 is 37.0 Å². The minimum absolute atomic E-state index is 0.0226. The highest BCUT2D eigenvalue weighted by molar-refractivity contribution is 8.00. The number of carbonyl (C=O) groups excluding carboxylic acids is 3. The number of carbonyl (C=O) groups is 3. The number of halogens is 3. The number of hydrogen-bond acceptors (Lipinski definition) is 8. The van der Waals surface area contributed by atoms with Gasteiger partial charge in [0.15, 0.2) is 6.61 Å². The number of nitrogens with one attached hydrogen (secondary N) is 2. The molecule has 2 aliphatic heterocycles. The Kier molecular flexibility index (Phi) is 7.63. The van der Waals surface area contributed by atoms with E-state index >= 15 is 0 Å². The Bertz CT molecular complexity index is 2050. The maximum absolute atomic E-state index is 14.0. The van der Waals surface area contributed by atoms with Crippen LogP contribution in [0.2, 0.25) is 0 Å². The van der Waals surface area contributed by atoms with Gasteiger partial charge in [-0.3, -0.25) is 24.1 Å². The number of thiazole rings is 1. The van der Waals surface area contributed by atoms with Crippen LogP contribution in [0.25, 0.3) is 0 Å². The zero-order valence-corrected chi connectivity index (χ0v) is 27.4. The molecule has 1 saturated heterocycles. The molecule has 3 amide bonds. The summed E-state index contributed by atoms with van der Waals surface area (Å²) in [6.07, 6.45) is -3.92. The molecule has 9 nitrogen and oxygen atoms in total. The minimum atomic E-state index is -4.64. The van der Waals surface area contributed by atoms with Crippen molar-refractivity contribution in [2.75, 3.05) is 23.9 Å². The molecule has 49 heavy (non-hydrogen) atoms. The molecular weight excluding hydrogens is 680 g/mol. The zero-order chi connectivity index (χ0) is 34.2. The fourth-order valence-corrected chi connectivity index (χ4v) is 11.2. The summed E-state index contributed by atoms with van der Waals surface area (Å²) in [6, 6.07) is 18.7. The first kappa shape index (κ1) is 31.7. The number of hydrogen-bond donors (Lipinski definition) is 2. The fourth-order valence-electron chi connectivity index (χ4n) is 8.35. The summed E-state index contributed by atoms with van der Waals surface area (Å²) >= 11 is 2.70. The maximum atomic E-state index is 14.0. The van der Waals surface area contributed by atoms with Gasteiger partial charge in [-0.15, -0.1) is 11.8 Å². The number of H-pyrrole nitrogens is 1. The number of thioether (sulfide) groups is 1. The number of methoxy groups -OCH3 is 1. The summed E-state index contributed by atoms with van der Waals surface area (Å²) in [7, 11) is 1.55. The number of alkyl halides is 3. The van der Waals surface area contributed by atoms with Crippen LogP contribution in [-0.4, -0.2) is 41.7 Å². The van der Waals surface area contributed by atoms with Crippen molar-refractivity contribution in [1.82, 2.24) is 4.98 Å². The van der Waals surface area contributed by atoms with E-state index in [0.29, 0.717) is 17.2 Å². The number of para-hydroxylation sites is 1. The summed E-state index contributed by atoms with van der Waals surface area (Å²) in [5.41, 5.74) is 0.00751. The van der Waals surface area contributed by atoms with E-state index in [2.05, 4.69) is 10.3 Å². The standard InChI is InChI=1S/C35H28F3N3O6S2/c1-46-18-11-9-17(10-12-18)41-32(43)27-20-14-21(28(27)33(41)44)29-26(20)25(30-31(48-29)40-34(45)49-30)16-5-4-6-19(13-16)47-15-24(42)39-23-8-3-2-7-22(23)35(36,37)38/h2-13,20-21,25-29H,14-15H2,1H3,(H,39,42)(H,40,45)/t20-,21-,25+,26-,27+,28+,29-/m1/s1. The second-order valence-electron chi connectivity index (χ2n) is 12.6. The highest BCUT2D eigenvalue weighted by Gasteiger charge is 2.69. The largest absolute Gasteiger partial charge is 0.497 e. The average Bonchev–Trinajstić information content (AvgIpc) is 3.82. The normalized spacial score (nSPS) is 26.7. The van der Waals surface area contributed by atoms with Crippen LogP contribution in [0, 0.1) is 29.6 Å². The first-order valence-electron chi connectivity index (χ1n) is 15.6. The first-order chi connectivity index (χ1) is 23.5. The molecule has 2 N–H and O–H groups in total. The van der Waals surface area contributed by atoms with Gasteiger partial charge in [0, 0.05) is 16.0 Å². The molecule has 0 unspecified atom stereocenters. The number of rotatable bonds is 7. The molecule has 8 rings (SSSR count). The first-order valence-corrected chi connectivity index (χ1v) is 17.3. The molecule has 0 radical (unpaired) electrons. The molecule has 2 saturated carbocycles. The number of aromatic amines is 1. The van der Waals surface area contributed by atoms with Crippen LogP contribution in [0.5, 0.6) is 11.5 Å². The quantitative estimate of drug-likeness (QED) is 0.221. The molecular formula is C35H28F3N3O6S2. The van der Waals surface area contributed by atoms with Gasteiger partial charge in [-0.05, 0) is 78.3 Å². The molecule has 4 aromatic rings. The highest BCUT2D eigenvalue weighted by atomic mass is 32.2. The SMILES string of the molecule is COc1ccc(N2C(=O)[C@H]3[C@H]4C[C@@H]([C@@H]3C2=O)[C@@H]2[C@H](c3cccc(OCC(=O)Nc5ccccc5C(F)(F)F)c3)c3sc(=O)[nH]c3S[C@H]42)cc1. The number of amides is 3. The van der Waals surface area contributed by atoms with E-state index in [1.807, 2.05) is 6.07 Å². The molecule has 252 valence electrons. The molecule has 3 aromatic carbocycles. The Morgan fingerprint density at radius 3 is 2.43 bits per heavy atom. The van der Waals surface area contributed by atoms with E-state index in [0.717, 1.165) is 39.3 Å². The average molecular weight is 708 g/mol. The number of anilines is 2. The van der Waals surface area contributed by atoms with Crippen molar-refractivity contribution in [2.45, 2.75) is 28.8 Å². The highest BCUT2D eigenvalue weighted by Crippen LogP contribution is 2.68. The van der Waals surface area contributed by atoms with Crippen molar-refractivity contribution in [2.24, 2.45) is 29.6 Å². The van der Waals surface area contributed by atoms with Crippen molar-refractivity contribution >= 4 is 52.2 Å². The molecule has 7 atom stereocenters. The van der Waals surface area contributed by atoms with Gasteiger partial charge < -0.3 is 19.8 Å². The van der Waals surface area contributed by atoms with Gasteiger partial charge >= 0.3 is 11.0 Å². The van der Waals surface area contributed by atoms with Gasteiger partial charge in [-0.2, -0.15) is 13.2 Å². The maximum Gasteiger partial charge on any atom is 0.418 e. The van der Waals surface area contributed by atoms with Crippen LogP contribution in [-0.2, 0) is 20.6 Å². The topological polar surface area (TPSA) is 118 Å². The second kappa shape index (κ2) is 11.8. The summed E-state index contributed by atoms with van der Waals surface area (Å²) in [5, 5.41) is 3.02. The van der Waals surface area contributed by atoms with Gasteiger partial charge in [0.2, 0.25) is 11.8 Å². The Morgan fingerprint density at radius 1 is 0.959 bits per heavy atom. The van der Waals surface area contributed by atoms with E-state index < -0.39 is 36.1 Å². The fraction of sp³-hybridized carbons (Fsp3) is 0.314. The van der Waals surface area contributed by atoms with Gasteiger partial charge in [0.05, 0.1) is 40.9 Å². The molecule has 2 bridgehead atoms. The second-order valence-corrected chi connectivity index (χ2v) is 14.8.